The second-order valence-electron chi connectivity index (χ2n) is 3.20. The van der Waals surface area contributed by atoms with Gasteiger partial charge in [-0.2, -0.15) is 21.6 Å². The maximum Gasteiger partial charge on any atom is 0.523 e. The highest BCUT2D eigenvalue weighted by molar-refractivity contribution is 7.87. The van der Waals surface area contributed by atoms with Crippen LogP contribution in [0.15, 0.2) is 24.3 Å². The molecule has 0 saturated carbocycles. The molecule has 1 rings (SSSR count). The molecule has 0 N–H and O–H groups in total. The molecule has 9 heteroatoms. The molecule has 3 nitrogen and oxygen atoms in total. The zero-order chi connectivity index (χ0) is 14.0. The van der Waals surface area contributed by atoms with Crippen LogP contribution >= 0.6 is 0 Å². The summed E-state index contributed by atoms with van der Waals surface area (Å²) in [5.74, 6) is 0. The normalized spacial score (nSPS) is 13.0. The molecule has 1 aromatic carbocycles. The fourth-order valence-corrected chi connectivity index (χ4v) is 1.40. The minimum Gasteiger partial charge on any atom is -0.258 e. The van der Waals surface area contributed by atoms with Crippen LogP contribution in [0.2, 0.25) is 0 Å². The zero-order valence-electron chi connectivity index (χ0n) is 8.62. The molecule has 0 spiro atoms. The van der Waals surface area contributed by atoms with E-state index in [0.717, 1.165) is 24.3 Å². The highest BCUT2D eigenvalue weighted by Crippen LogP contribution is 2.26. The second-order valence-corrected chi connectivity index (χ2v) is 4.81. The van der Waals surface area contributed by atoms with Gasteiger partial charge in [-0.1, -0.05) is 24.3 Å². The van der Waals surface area contributed by atoms with E-state index in [1.54, 1.807) is 0 Å². The molecule has 0 atom stereocenters. The first kappa shape index (κ1) is 14.8. The van der Waals surface area contributed by atoms with E-state index in [9.17, 15) is 30.4 Å². The highest BCUT2D eigenvalue weighted by atomic mass is 32.2. The molecular weight excluding hydrogens is 283 g/mol. The molecule has 0 bridgehead atoms. The summed E-state index contributed by atoms with van der Waals surface area (Å²) in [5.41, 5.74) is -5.79. The number of rotatable bonds is 4. The van der Waals surface area contributed by atoms with Gasteiger partial charge in [-0.15, -0.1) is 0 Å². The van der Waals surface area contributed by atoms with Crippen LogP contribution in [-0.4, -0.2) is 13.9 Å². The van der Waals surface area contributed by atoms with Crippen molar-refractivity contribution in [2.24, 2.45) is 0 Å². The SMILES string of the molecule is O=S(=O)(OCc1ccc(C(F)F)cc1)C(F)(F)F. The third kappa shape index (κ3) is 3.64. The van der Waals surface area contributed by atoms with Gasteiger partial charge < -0.3 is 0 Å². The van der Waals surface area contributed by atoms with Crippen molar-refractivity contribution < 1.29 is 34.6 Å². The van der Waals surface area contributed by atoms with E-state index in [1.165, 1.54) is 0 Å². The molecule has 0 aromatic heterocycles. The Morgan fingerprint density at radius 1 is 1.11 bits per heavy atom. The molecule has 0 aliphatic rings. The molecule has 0 amide bonds. The molecule has 0 unspecified atom stereocenters. The number of hydrogen-bond acceptors (Lipinski definition) is 3. The molecule has 0 heterocycles. The molecule has 0 fully saturated rings. The van der Waals surface area contributed by atoms with Crippen molar-refractivity contribution in [3.05, 3.63) is 35.4 Å². The Bertz CT molecular complexity index is 492. The van der Waals surface area contributed by atoms with Crippen LogP contribution in [0.1, 0.15) is 17.6 Å². The van der Waals surface area contributed by atoms with Gasteiger partial charge in [0.05, 0.1) is 6.61 Å². The number of benzene rings is 1. The molecule has 102 valence electrons. The van der Waals surface area contributed by atoms with Gasteiger partial charge in [-0.3, -0.25) is 4.18 Å². The van der Waals surface area contributed by atoms with Crippen molar-refractivity contribution >= 4 is 10.1 Å². The molecule has 0 aliphatic heterocycles. The lowest BCUT2D eigenvalue weighted by Crippen LogP contribution is -2.25. The van der Waals surface area contributed by atoms with E-state index in [4.69, 9.17) is 0 Å². The molecule has 18 heavy (non-hydrogen) atoms. The lowest BCUT2D eigenvalue weighted by atomic mass is 10.1. The minimum absolute atomic E-state index is 0.0345. The molecule has 0 radical (unpaired) electrons. The summed E-state index contributed by atoms with van der Waals surface area (Å²) in [4.78, 5) is 0. The van der Waals surface area contributed by atoms with Gasteiger partial charge in [0.15, 0.2) is 0 Å². The van der Waals surface area contributed by atoms with Gasteiger partial charge in [-0.05, 0) is 5.56 Å². The van der Waals surface area contributed by atoms with Crippen molar-refractivity contribution in [3.8, 4) is 0 Å². The van der Waals surface area contributed by atoms with E-state index in [1.807, 2.05) is 0 Å². The van der Waals surface area contributed by atoms with E-state index in [-0.39, 0.29) is 11.1 Å². The number of hydrogen-bond donors (Lipinski definition) is 0. The minimum atomic E-state index is -5.67. The van der Waals surface area contributed by atoms with Crippen LogP contribution in [0.3, 0.4) is 0 Å². The highest BCUT2D eigenvalue weighted by Gasteiger charge is 2.47. The zero-order valence-corrected chi connectivity index (χ0v) is 9.43. The van der Waals surface area contributed by atoms with Crippen molar-refractivity contribution in [2.75, 3.05) is 0 Å². The Hall–Kier alpha value is -1.22. The summed E-state index contributed by atoms with van der Waals surface area (Å²) in [5, 5.41) is 0. The lowest BCUT2D eigenvalue weighted by molar-refractivity contribution is -0.0547. The van der Waals surface area contributed by atoms with Crippen LogP contribution < -0.4 is 0 Å². The topological polar surface area (TPSA) is 43.4 Å². The van der Waals surface area contributed by atoms with Crippen molar-refractivity contribution in [1.82, 2.24) is 0 Å². The molecular formula is C9H7F5O3S. The van der Waals surface area contributed by atoms with Crippen LogP contribution in [-0.2, 0) is 20.9 Å². The summed E-state index contributed by atoms with van der Waals surface area (Å²) < 4.78 is 84.8. The monoisotopic (exact) mass is 290 g/mol. The Kier molecular flexibility index (Phi) is 4.28. The summed E-state index contributed by atoms with van der Waals surface area (Å²) in [6.07, 6.45) is -2.71. The van der Waals surface area contributed by atoms with Gasteiger partial charge in [0, 0.05) is 5.56 Å². The smallest absolute Gasteiger partial charge is 0.258 e. The van der Waals surface area contributed by atoms with E-state index in [0.29, 0.717) is 0 Å². The van der Waals surface area contributed by atoms with Gasteiger partial charge in [0.2, 0.25) is 0 Å². The number of alkyl halides is 5. The van der Waals surface area contributed by atoms with Crippen LogP contribution in [0.4, 0.5) is 22.0 Å². The predicted octanol–water partition coefficient (Wildman–Crippen LogP) is 2.99. The number of halogens is 5. The Labute approximate surface area is 99.3 Å². The maximum absolute atomic E-state index is 12.2. The van der Waals surface area contributed by atoms with E-state index in [2.05, 4.69) is 4.18 Å². The third-order valence-corrected chi connectivity index (χ3v) is 2.89. The van der Waals surface area contributed by atoms with Gasteiger partial charge in [-0.25, -0.2) is 8.78 Å². The van der Waals surface area contributed by atoms with Crippen molar-refractivity contribution in [3.63, 3.8) is 0 Å². The summed E-state index contributed by atoms with van der Waals surface area (Å²) in [6.45, 7) is -0.870. The third-order valence-electron chi connectivity index (χ3n) is 1.90. The Morgan fingerprint density at radius 3 is 2.00 bits per heavy atom. The maximum atomic E-state index is 12.2. The van der Waals surface area contributed by atoms with Crippen LogP contribution in [0.25, 0.3) is 0 Å². The van der Waals surface area contributed by atoms with Crippen LogP contribution in [0.5, 0.6) is 0 Å². The van der Waals surface area contributed by atoms with Crippen molar-refractivity contribution in [2.45, 2.75) is 18.5 Å². The van der Waals surface area contributed by atoms with Gasteiger partial charge in [0.1, 0.15) is 0 Å². The quantitative estimate of drug-likeness (QED) is 0.486. The second kappa shape index (κ2) is 5.19. The first-order valence-corrected chi connectivity index (χ1v) is 5.87. The molecule has 0 aliphatic carbocycles. The van der Waals surface area contributed by atoms with E-state index < -0.39 is 28.7 Å². The fraction of sp³-hybridized carbons (Fsp3) is 0.333. The lowest BCUT2D eigenvalue weighted by Gasteiger charge is -2.08. The Balaban J connectivity index is 2.71. The summed E-state index contributed by atoms with van der Waals surface area (Å²) in [7, 11) is -5.67. The van der Waals surface area contributed by atoms with E-state index >= 15 is 0 Å². The first-order valence-electron chi connectivity index (χ1n) is 4.46. The summed E-state index contributed by atoms with van der Waals surface area (Å²) >= 11 is 0. The summed E-state index contributed by atoms with van der Waals surface area (Å²) in [6, 6.07) is 4.08. The van der Waals surface area contributed by atoms with Gasteiger partial charge >= 0.3 is 15.6 Å². The Morgan fingerprint density at radius 2 is 1.61 bits per heavy atom. The van der Waals surface area contributed by atoms with Crippen molar-refractivity contribution in [1.29, 1.82) is 0 Å². The predicted molar refractivity (Wildman–Crippen MR) is 51.2 cm³/mol. The first-order chi connectivity index (χ1) is 8.13. The fourth-order valence-electron chi connectivity index (χ4n) is 0.972. The molecule has 0 saturated heterocycles. The standard InChI is InChI=1S/C9H7F5O3S/c10-8(11)7-3-1-6(2-4-7)5-17-18(15,16)9(12,13)14/h1-4,8H,5H2. The average molecular weight is 290 g/mol. The van der Waals surface area contributed by atoms with Crippen LogP contribution in [0, 0.1) is 0 Å². The average Bonchev–Trinajstić information content (AvgIpc) is 2.25. The largest absolute Gasteiger partial charge is 0.523 e. The van der Waals surface area contributed by atoms with Gasteiger partial charge in [0.25, 0.3) is 6.43 Å². The molecule has 1 aromatic rings.